The van der Waals surface area contributed by atoms with Crippen LogP contribution < -0.4 is 10.6 Å². The van der Waals surface area contributed by atoms with E-state index in [2.05, 4.69) is 27.5 Å². The van der Waals surface area contributed by atoms with Crippen LogP contribution in [0.25, 0.3) is 0 Å². The van der Waals surface area contributed by atoms with Gasteiger partial charge < -0.3 is 30.3 Å². The number of aromatic nitrogens is 2. The van der Waals surface area contributed by atoms with Crippen molar-refractivity contribution in [2.24, 2.45) is 24.3 Å². The average molecular weight is 598 g/mol. The first-order valence-electron chi connectivity index (χ1n) is 14.6. The third-order valence-corrected chi connectivity index (χ3v) is 10.3. The Morgan fingerprint density at radius 3 is 2.36 bits per heavy atom. The average Bonchev–Trinajstić information content (AvgIpc) is 3.60. The molecule has 2 unspecified atom stereocenters. The zero-order valence-electron chi connectivity index (χ0n) is 23.9. The van der Waals surface area contributed by atoms with Gasteiger partial charge in [-0.15, -0.1) is 0 Å². The predicted octanol–water partition coefficient (Wildman–Crippen LogP) is 4.05. The first-order chi connectivity index (χ1) is 19.9. The van der Waals surface area contributed by atoms with E-state index in [1.807, 2.05) is 4.90 Å². The third-order valence-electron chi connectivity index (χ3n) is 9.97. The smallest absolute Gasteiger partial charge is 0.317 e. The third kappa shape index (κ3) is 5.38. The molecule has 9 nitrogen and oxygen atoms in total. The summed E-state index contributed by atoms with van der Waals surface area (Å²) in [5, 5.41) is 27.8. The Kier molecular flexibility index (Phi) is 7.27. The number of anilines is 1. The summed E-state index contributed by atoms with van der Waals surface area (Å²) in [5.74, 6) is 5.81. The van der Waals surface area contributed by atoms with Crippen molar-refractivity contribution < 1.29 is 24.2 Å². The Hall–Kier alpha value is -3.13. The molecule has 2 aromatic rings. The standard InChI is InChI=1S/C31H37ClFN5O4/c1-34-28(40)38-9-7-29(8-10-38)16-31(42,17-29)6-5-30(41)14-20-11-19(12-21(20)15-30)25-26(37(2)18-35-25)27(39)36-22-3-4-24(33)23(32)13-22/h3-4,13,18-21,41-42H,7-12,14-17H2,1-2H3,(H,34,40)(H,36,39). The molecule has 2 heterocycles. The molecule has 224 valence electrons. The van der Waals surface area contributed by atoms with E-state index in [1.54, 1.807) is 25.0 Å². The van der Waals surface area contributed by atoms with Crippen molar-refractivity contribution in [1.29, 1.82) is 0 Å². The Morgan fingerprint density at radius 1 is 1.10 bits per heavy atom. The summed E-state index contributed by atoms with van der Waals surface area (Å²) in [7, 11) is 3.41. The van der Waals surface area contributed by atoms with Gasteiger partial charge in [0, 0.05) is 38.8 Å². The second kappa shape index (κ2) is 10.5. The van der Waals surface area contributed by atoms with Crippen molar-refractivity contribution in [3.05, 3.63) is 46.8 Å². The van der Waals surface area contributed by atoms with Crippen molar-refractivity contribution in [1.82, 2.24) is 19.8 Å². The first kappa shape index (κ1) is 29.0. The molecule has 1 saturated heterocycles. The lowest BCUT2D eigenvalue weighted by molar-refractivity contribution is -0.108. The van der Waals surface area contributed by atoms with E-state index in [0.717, 1.165) is 31.4 Å². The maximum absolute atomic E-state index is 13.5. The number of amides is 3. The maximum atomic E-state index is 13.5. The molecule has 1 aromatic heterocycles. The van der Waals surface area contributed by atoms with Crippen LogP contribution in [0.4, 0.5) is 14.9 Å². The quantitative estimate of drug-likeness (QED) is 0.398. The van der Waals surface area contributed by atoms with E-state index in [4.69, 9.17) is 11.6 Å². The second-order valence-corrected chi connectivity index (χ2v) is 13.4. The molecule has 0 bridgehead atoms. The minimum atomic E-state index is -1.13. The highest BCUT2D eigenvalue weighted by Crippen LogP contribution is 2.56. The summed E-state index contributed by atoms with van der Waals surface area (Å²) in [4.78, 5) is 31.5. The molecule has 3 saturated carbocycles. The number of nitrogens with one attached hydrogen (secondary N) is 2. The Labute approximate surface area is 249 Å². The molecule has 1 aromatic carbocycles. The highest BCUT2D eigenvalue weighted by Gasteiger charge is 2.55. The van der Waals surface area contributed by atoms with Crippen LogP contribution in [0.2, 0.25) is 5.02 Å². The molecule has 4 aliphatic rings. The molecule has 42 heavy (non-hydrogen) atoms. The molecule has 11 heteroatoms. The van der Waals surface area contributed by atoms with Crippen LogP contribution in [0.3, 0.4) is 0 Å². The van der Waals surface area contributed by atoms with E-state index in [0.29, 0.717) is 50.2 Å². The highest BCUT2D eigenvalue weighted by atomic mass is 35.5. The number of urea groups is 1. The van der Waals surface area contributed by atoms with Gasteiger partial charge in [-0.3, -0.25) is 4.79 Å². The maximum Gasteiger partial charge on any atom is 0.317 e. The van der Waals surface area contributed by atoms with Crippen molar-refractivity contribution in [2.75, 3.05) is 25.5 Å². The number of hydrogen-bond acceptors (Lipinski definition) is 5. The fourth-order valence-electron chi connectivity index (χ4n) is 7.98. The molecule has 0 radical (unpaired) electrons. The number of rotatable bonds is 3. The van der Waals surface area contributed by atoms with Crippen molar-refractivity contribution in [3.63, 3.8) is 0 Å². The number of likely N-dealkylation sites (tertiary alicyclic amines) is 1. The number of hydrogen-bond donors (Lipinski definition) is 4. The Morgan fingerprint density at radius 2 is 1.74 bits per heavy atom. The van der Waals surface area contributed by atoms with Gasteiger partial charge in [-0.1, -0.05) is 23.4 Å². The van der Waals surface area contributed by atoms with Crippen LogP contribution in [0.15, 0.2) is 24.5 Å². The van der Waals surface area contributed by atoms with Gasteiger partial charge in [-0.05, 0) is 86.8 Å². The van der Waals surface area contributed by atoms with Gasteiger partial charge in [-0.25, -0.2) is 14.2 Å². The number of benzene rings is 1. The minimum Gasteiger partial charge on any atom is -0.378 e. The van der Waals surface area contributed by atoms with Gasteiger partial charge in [-0.2, -0.15) is 0 Å². The molecule has 4 N–H and O–H groups in total. The van der Waals surface area contributed by atoms with Crippen LogP contribution in [0, 0.1) is 34.9 Å². The lowest BCUT2D eigenvalue weighted by Gasteiger charge is -2.54. The fourth-order valence-corrected chi connectivity index (χ4v) is 8.16. The van der Waals surface area contributed by atoms with Gasteiger partial charge in [0.2, 0.25) is 0 Å². The fraction of sp³-hybridized carbons (Fsp3) is 0.581. The van der Waals surface area contributed by atoms with Crippen molar-refractivity contribution >= 4 is 29.2 Å². The number of piperidine rings is 1. The number of fused-ring (bicyclic) bond motifs is 1. The lowest BCUT2D eigenvalue weighted by Crippen LogP contribution is -2.57. The van der Waals surface area contributed by atoms with Gasteiger partial charge in [0.05, 0.1) is 17.0 Å². The van der Waals surface area contributed by atoms with E-state index in [9.17, 15) is 24.2 Å². The number of carbonyl (C=O) groups is 2. The normalized spacial score (nSPS) is 28.9. The summed E-state index contributed by atoms with van der Waals surface area (Å²) in [6, 6.07) is 3.99. The summed E-state index contributed by atoms with van der Waals surface area (Å²) < 4.78 is 15.2. The number of aliphatic hydroxyl groups is 2. The zero-order valence-corrected chi connectivity index (χ0v) is 24.7. The predicted molar refractivity (Wildman–Crippen MR) is 155 cm³/mol. The SMILES string of the molecule is CNC(=O)N1CCC2(CC1)CC(O)(C#CC1(O)CC3CC(c4ncn(C)c4C(=O)Nc4ccc(F)c(Cl)c4)CC3C1)C2. The van der Waals surface area contributed by atoms with Gasteiger partial charge in [0.1, 0.15) is 22.7 Å². The summed E-state index contributed by atoms with van der Waals surface area (Å²) in [5.41, 5.74) is -0.615. The Bertz CT molecular complexity index is 1450. The molecule has 3 amide bonds. The van der Waals surface area contributed by atoms with Gasteiger partial charge >= 0.3 is 6.03 Å². The zero-order chi connectivity index (χ0) is 29.9. The largest absolute Gasteiger partial charge is 0.378 e. The molecule has 1 aliphatic heterocycles. The monoisotopic (exact) mass is 597 g/mol. The topological polar surface area (TPSA) is 120 Å². The molecule has 3 aliphatic carbocycles. The molecule has 1 spiro atoms. The van der Waals surface area contributed by atoms with Crippen LogP contribution in [-0.4, -0.2) is 67.9 Å². The van der Waals surface area contributed by atoms with Crippen molar-refractivity contribution in [3.8, 4) is 11.8 Å². The summed E-state index contributed by atoms with van der Waals surface area (Å²) >= 11 is 5.88. The molecule has 2 atom stereocenters. The lowest BCUT2D eigenvalue weighted by atomic mass is 9.55. The summed E-state index contributed by atoms with van der Waals surface area (Å²) in [6.07, 6.45) is 7.15. The molecule has 4 fully saturated rings. The first-order valence-corrected chi connectivity index (χ1v) is 15.0. The van der Waals surface area contributed by atoms with Crippen LogP contribution in [0.5, 0.6) is 0 Å². The number of imidazole rings is 1. The summed E-state index contributed by atoms with van der Waals surface area (Å²) in [6.45, 7) is 1.36. The molecular weight excluding hydrogens is 561 g/mol. The second-order valence-electron chi connectivity index (χ2n) is 13.0. The van der Waals surface area contributed by atoms with E-state index < -0.39 is 17.0 Å². The minimum absolute atomic E-state index is 0.0195. The number of halogens is 2. The highest BCUT2D eigenvalue weighted by molar-refractivity contribution is 6.31. The van der Waals surface area contributed by atoms with E-state index in [-0.39, 0.29) is 40.1 Å². The number of aryl methyl sites for hydroxylation is 1. The van der Waals surface area contributed by atoms with Crippen LogP contribution >= 0.6 is 11.6 Å². The van der Waals surface area contributed by atoms with Crippen LogP contribution in [0.1, 0.15) is 73.5 Å². The van der Waals surface area contributed by atoms with Gasteiger partial charge in [0.25, 0.3) is 5.91 Å². The van der Waals surface area contributed by atoms with Gasteiger partial charge in [0.15, 0.2) is 0 Å². The van der Waals surface area contributed by atoms with E-state index in [1.165, 1.54) is 18.2 Å². The molecule has 6 rings (SSSR count). The Balaban J connectivity index is 1.06. The van der Waals surface area contributed by atoms with Crippen LogP contribution in [-0.2, 0) is 7.05 Å². The number of carbonyl (C=O) groups excluding carboxylic acids is 2. The molecular formula is C31H37ClFN5O4. The number of nitrogens with zero attached hydrogens (tertiary/aromatic N) is 3. The van der Waals surface area contributed by atoms with E-state index >= 15 is 0 Å². The van der Waals surface area contributed by atoms with Crippen molar-refractivity contribution in [2.45, 2.75) is 68.5 Å².